The van der Waals surface area contributed by atoms with Gasteiger partial charge in [0.1, 0.15) is 0 Å². The standard InChI is InChI=1S/C16H22ClNO2/c1-2-3-4-5-16(19)20-11-12-8-13-9-14(17)6-7-15(13)18-10-12/h6-7,9,12,18H,2-5,8,10-11H2,1H3/t12-/m1/s1. The smallest absolute Gasteiger partial charge is 0.305 e. The third-order valence-corrected chi connectivity index (χ3v) is 3.86. The van der Waals surface area contributed by atoms with Crippen molar-refractivity contribution in [3.8, 4) is 0 Å². The van der Waals surface area contributed by atoms with Gasteiger partial charge in [-0.1, -0.05) is 31.4 Å². The van der Waals surface area contributed by atoms with Crippen molar-refractivity contribution in [2.24, 2.45) is 5.92 Å². The van der Waals surface area contributed by atoms with E-state index < -0.39 is 0 Å². The Morgan fingerprint density at radius 1 is 1.45 bits per heavy atom. The van der Waals surface area contributed by atoms with Gasteiger partial charge < -0.3 is 10.1 Å². The van der Waals surface area contributed by atoms with E-state index in [2.05, 4.69) is 12.2 Å². The molecule has 3 nitrogen and oxygen atoms in total. The van der Waals surface area contributed by atoms with Crippen molar-refractivity contribution >= 4 is 23.3 Å². The molecule has 1 atom stereocenters. The fraction of sp³-hybridized carbons (Fsp3) is 0.562. The SMILES string of the molecule is CCCCCC(=O)OC[C@H]1CNc2ccc(Cl)cc2C1. The van der Waals surface area contributed by atoms with Crippen LogP contribution in [0.5, 0.6) is 0 Å². The molecule has 1 aliphatic heterocycles. The first kappa shape index (κ1) is 15.2. The van der Waals surface area contributed by atoms with Gasteiger partial charge in [0.2, 0.25) is 0 Å². The third kappa shape index (κ3) is 4.41. The zero-order chi connectivity index (χ0) is 14.4. The molecule has 2 rings (SSSR count). The molecular weight excluding hydrogens is 274 g/mol. The molecule has 0 amide bonds. The molecule has 0 bridgehead atoms. The molecule has 4 heteroatoms. The van der Waals surface area contributed by atoms with E-state index in [1.165, 1.54) is 5.56 Å². The van der Waals surface area contributed by atoms with Gasteiger partial charge in [0.05, 0.1) is 6.61 Å². The molecular formula is C16H22ClNO2. The van der Waals surface area contributed by atoms with Crippen LogP contribution in [-0.4, -0.2) is 19.1 Å². The van der Waals surface area contributed by atoms with Gasteiger partial charge in [-0.2, -0.15) is 0 Å². The Morgan fingerprint density at radius 3 is 3.10 bits per heavy atom. The number of anilines is 1. The van der Waals surface area contributed by atoms with Crippen molar-refractivity contribution in [1.29, 1.82) is 0 Å². The van der Waals surface area contributed by atoms with E-state index in [1.54, 1.807) is 0 Å². The predicted octanol–water partition coefficient (Wildman–Crippen LogP) is 4.05. The first-order chi connectivity index (χ1) is 9.69. The maximum Gasteiger partial charge on any atom is 0.305 e. The average molecular weight is 296 g/mol. The van der Waals surface area contributed by atoms with Crippen molar-refractivity contribution in [2.45, 2.75) is 39.0 Å². The number of ether oxygens (including phenoxy) is 1. The molecule has 0 saturated heterocycles. The number of unbranched alkanes of at least 4 members (excludes halogenated alkanes) is 2. The van der Waals surface area contributed by atoms with Crippen molar-refractivity contribution in [1.82, 2.24) is 0 Å². The van der Waals surface area contributed by atoms with Crippen molar-refractivity contribution in [3.63, 3.8) is 0 Å². The van der Waals surface area contributed by atoms with Crippen LogP contribution < -0.4 is 5.32 Å². The predicted molar refractivity (Wildman–Crippen MR) is 82.2 cm³/mol. The van der Waals surface area contributed by atoms with Gasteiger partial charge in [-0.25, -0.2) is 0 Å². The molecule has 0 saturated carbocycles. The van der Waals surface area contributed by atoms with Crippen LogP contribution in [-0.2, 0) is 16.0 Å². The Kier molecular flexibility index (Phi) is 5.72. The summed E-state index contributed by atoms with van der Waals surface area (Å²) in [5.74, 6) is 0.256. The fourth-order valence-electron chi connectivity index (χ4n) is 2.46. The molecule has 1 aromatic rings. The molecule has 1 aromatic carbocycles. The van der Waals surface area contributed by atoms with E-state index in [0.29, 0.717) is 18.9 Å². The summed E-state index contributed by atoms with van der Waals surface area (Å²) in [5.41, 5.74) is 2.34. The highest BCUT2D eigenvalue weighted by Crippen LogP contribution is 2.27. The van der Waals surface area contributed by atoms with Crippen molar-refractivity contribution < 1.29 is 9.53 Å². The second-order valence-corrected chi connectivity index (χ2v) is 5.83. The Hall–Kier alpha value is -1.22. The molecule has 0 spiro atoms. The minimum absolute atomic E-state index is 0.0738. The van der Waals surface area contributed by atoms with Crippen LogP contribution in [0, 0.1) is 5.92 Å². The zero-order valence-electron chi connectivity index (χ0n) is 12.0. The molecule has 0 fully saturated rings. The average Bonchev–Trinajstić information content (AvgIpc) is 2.45. The molecule has 20 heavy (non-hydrogen) atoms. The van der Waals surface area contributed by atoms with Gasteiger partial charge in [-0.3, -0.25) is 4.79 Å². The first-order valence-electron chi connectivity index (χ1n) is 7.37. The molecule has 0 unspecified atom stereocenters. The van der Waals surface area contributed by atoms with Crippen LogP contribution in [0.4, 0.5) is 5.69 Å². The molecule has 1 N–H and O–H groups in total. The summed E-state index contributed by atoms with van der Waals surface area (Å²) >= 11 is 6.01. The quantitative estimate of drug-likeness (QED) is 0.635. The van der Waals surface area contributed by atoms with Crippen LogP contribution >= 0.6 is 11.6 Å². The van der Waals surface area contributed by atoms with Crippen LogP contribution in [0.25, 0.3) is 0 Å². The molecule has 1 heterocycles. The molecule has 110 valence electrons. The Labute approximate surface area is 125 Å². The minimum atomic E-state index is -0.0738. The van der Waals surface area contributed by atoms with E-state index in [-0.39, 0.29) is 5.97 Å². The lowest BCUT2D eigenvalue weighted by molar-refractivity contribution is -0.145. The molecule has 0 radical (unpaired) electrons. The van der Waals surface area contributed by atoms with Crippen molar-refractivity contribution in [3.05, 3.63) is 28.8 Å². The number of hydrogen-bond donors (Lipinski definition) is 1. The summed E-state index contributed by atoms with van der Waals surface area (Å²) < 4.78 is 5.36. The number of esters is 1. The maximum absolute atomic E-state index is 11.6. The highest BCUT2D eigenvalue weighted by atomic mass is 35.5. The summed E-state index contributed by atoms with van der Waals surface area (Å²) in [6.07, 6.45) is 4.58. The normalized spacial score (nSPS) is 17.2. The van der Waals surface area contributed by atoms with Crippen molar-refractivity contribution in [2.75, 3.05) is 18.5 Å². The molecule has 1 aliphatic rings. The molecule has 0 aliphatic carbocycles. The largest absolute Gasteiger partial charge is 0.465 e. The Balaban J connectivity index is 1.77. The lowest BCUT2D eigenvalue weighted by Crippen LogP contribution is -2.28. The Morgan fingerprint density at radius 2 is 2.30 bits per heavy atom. The number of benzene rings is 1. The topological polar surface area (TPSA) is 38.3 Å². The number of fused-ring (bicyclic) bond motifs is 1. The van der Waals surface area contributed by atoms with Crippen LogP contribution in [0.1, 0.15) is 38.2 Å². The van der Waals surface area contributed by atoms with Crippen LogP contribution in [0.2, 0.25) is 5.02 Å². The van der Waals surface area contributed by atoms with Gasteiger partial charge in [-0.15, -0.1) is 0 Å². The van der Waals surface area contributed by atoms with E-state index in [4.69, 9.17) is 16.3 Å². The highest BCUT2D eigenvalue weighted by Gasteiger charge is 2.19. The summed E-state index contributed by atoms with van der Waals surface area (Å²) in [6.45, 7) is 3.46. The minimum Gasteiger partial charge on any atom is -0.465 e. The summed E-state index contributed by atoms with van der Waals surface area (Å²) in [4.78, 5) is 11.6. The number of rotatable bonds is 6. The highest BCUT2D eigenvalue weighted by molar-refractivity contribution is 6.30. The first-order valence-corrected chi connectivity index (χ1v) is 7.74. The second-order valence-electron chi connectivity index (χ2n) is 5.39. The van der Waals surface area contributed by atoms with E-state index in [1.807, 2.05) is 18.2 Å². The summed E-state index contributed by atoms with van der Waals surface area (Å²) in [6, 6.07) is 5.88. The van der Waals surface area contributed by atoms with Gasteiger partial charge in [0, 0.05) is 29.6 Å². The van der Waals surface area contributed by atoms with Crippen LogP contribution in [0.15, 0.2) is 18.2 Å². The monoisotopic (exact) mass is 295 g/mol. The van der Waals surface area contributed by atoms with Gasteiger partial charge in [0.25, 0.3) is 0 Å². The number of carbonyl (C=O) groups is 1. The zero-order valence-corrected chi connectivity index (χ0v) is 12.7. The van der Waals surface area contributed by atoms with Gasteiger partial charge in [-0.05, 0) is 36.6 Å². The Bertz CT molecular complexity index is 462. The van der Waals surface area contributed by atoms with Gasteiger partial charge in [0.15, 0.2) is 0 Å². The lowest BCUT2D eigenvalue weighted by Gasteiger charge is -2.26. The maximum atomic E-state index is 11.6. The number of halogens is 1. The van der Waals surface area contributed by atoms with E-state index in [0.717, 1.165) is 42.9 Å². The molecule has 0 aromatic heterocycles. The van der Waals surface area contributed by atoms with E-state index in [9.17, 15) is 4.79 Å². The van der Waals surface area contributed by atoms with Gasteiger partial charge >= 0.3 is 5.97 Å². The van der Waals surface area contributed by atoms with E-state index >= 15 is 0 Å². The summed E-state index contributed by atoms with van der Waals surface area (Å²) in [5, 5.41) is 4.12. The second kappa shape index (κ2) is 7.53. The number of nitrogens with one attached hydrogen (secondary N) is 1. The van der Waals surface area contributed by atoms with Crippen LogP contribution in [0.3, 0.4) is 0 Å². The number of carbonyl (C=O) groups excluding carboxylic acids is 1. The third-order valence-electron chi connectivity index (χ3n) is 3.62. The summed E-state index contributed by atoms with van der Waals surface area (Å²) in [7, 11) is 0. The fourth-order valence-corrected chi connectivity index (χ4v) is 2.66. The number of hydrogen-bond acceptors (Lipinski definition) is 3. The lowest BCUT2D eigenvalue weighted by atomic mass is 9.95.